The second-order valence-electron chi connectivity index (χ2n) is 3.32. The van der Waals surface area contributed by atoms with E-state index < -0.39 is 0 Å². The van der Waals surface area contributed by atoms with E-state index in [4.69, 9.17) is 5.73 Å². The number of nitrogens with one attached hydrogen (secondary N) is 1. The molecule has 1 amide bonds. The van der Waals surface area contributed by atoms with Gasteiger partial charge in [0.05, 0.1) is 0 Å². The molecule has 3 N–H and O–H groups in total. The Hall–Kier alpha value is -1.10. The van der Waals surface area contributed by atoms with Crippen LogP contribution in [-0.4, -0.2) is 17.4 Å². The summed E-state index contributed by atoms with van der Waals surface area (Å²) in [7, 11) is 0. The molecule has 5 heteroatoms. The van der Waals surface area contributed by atoms with Crippen molar-refractivity contribution in [1.29, 1.82) is 0 Å². The summed E-state index contributed by atoms with van der Waals surface area (Å²) in [6.07, 6.45) is 2.89. The molecule has 1 heterocycles. The maximum absolute atomic E-state index is 10.5. The Morgan fingerprint density at radius 3 is 3.00 bits per heavy atom. The number of pyridine rings is 1. The van der Waals surface area contributed by atoms with E-state index >= 15 is 0 Å². The molecule has 0 spiro atoms. The third kappa shape index (κ3) is 4.29. The van der Waals surface area contributed by atoms with Gasteiger partial charge in [-0.3, -0.25) is 4.79 Å². The van der Waals surface area contributed by atoms with E-state index in [1.165, 1.54) is 0 Å². The molecule has 1 rings (SSSR count). The smallest absolute Gasteiger partial charge is 0.217 e. The van der Waals surface area contributed by atoms with Crippen LogP contribution in [0.1, 0.15) is 18.4 Å². The number of hydrogen-bond donors (Lipinski definition) is 2. The van der Waals surface area contributed by atoms with Gasteiger partial charge in [-0.1, -0.05) is 0 Å². The maximum Gasteiger partial charge on any atom is 0.217 e. The van der Waals surface area contributed by atoms with Crippen molar-refractivity contribution in [3.05, 3.63) is 22.3 Å². The Bertz CT molecular complexity index is 355. The molecule has 0 saturated heterocycles. The minimum atomic E-state index is -0.267. The number of amides is 1. The highest BCUT2D eigenvalue weighted by atomic mass is 79.9. The van der Waals surface area contributed by atoms with Crippen LogP contribution in [0.3, 0.4) is 0 Å². The highest BCUT2D eigenvalue weighted by molar-refractivity contribution is 9.10. The molecular weight excluding hydrogens is 258 g/mol. The summed E-state index contributed by atoms with van der Waals surface area (Å²) in [4.78, 5) is 14.7. The SMILES string of the molecule is Cc1cc(NCCCC(N)=O)ncc1Br. The summed E-state index contributed by atoms with van der Waals surface area (Å²) in [5.74, 6) is 0.553. The maximum atomic E-state index is 10.5. The normalized spacial score (nSPS) is 10.0. The summed E-state index contributed by atoms with van der Waals surface area (Å²) >= 11 is 3.38. The van der Waals surface area contributed by atoms with Gasteiger partial charge in [0, 0.05) is 23.6 Å². The molecule has 4 nitrogen and oxygen atoms in total. The molecule has 0 fully saturated rings. The minimum Gasteiger partial charge on any atom is -0.370 e. The lowest BCUT2D eigenvalue weighted by atomic mass is 10.3. The van der Waals surface area contributed by atoms with Crippen molar-refractivity contribution in [2.24, 2.45) is 5.73 Å². The summed E-state index contributed by atoms with van der Waals surface area (Å²) in [5, 5.41) is 3.13. The van der Waals surface area contributed by atoms with Crippen molar-refractivity contribution >= 4 is 27.7 Å². The number of nitrogens with two attached hydrogens (primary N) is 1. The second kappa shape index (κ2) is 5.70. The molecule has 0 saturated carbocycles. The molecule has 15 heavy (non-hydrogen) atoms. The Morgan fingerprint density at radius 1 is 1.67 bits per heavy atom. The van der Waals surface area contributed by atoms with Gasteiger partial charge in [-0.2, -0.15) is 0 Å². The van der Waals surface area contributed by atoms with Gasteiger partial charge >= 0.3 is 0 Å². The van der Waals surface area contributed by atoms with E-state index in [0.29, 0.717) is 13.0 Å². The fraction of sp³-hybridized carbons (Fsp3) is 0.400. The highest BCUT2D eigenvalue weighted by Crippen LogP contribution is 2.16. The Morgan fingerprint density at radius 2 is 2.40 bits per heavy atom. The molecule has 0 bridgehead atoms. The molecule has 1 aromatic rings. The molecule has 0 atom stereocenters. The van der Waals surface area contributed by atoms with Crippen LogP contribution in [0, 0.1) is 6.92 Å². The highest BCUT2D eigenvalue weighted by Gasteiger charge is 1.98. The second-order valence-corrected chi connectivity index (χ2v) is 4.17. The summed E-state index contributed by atoms with van der Waals surface area (Å²) in [5.41, 5.74) is 6.15. The van der Waals surface area contributed by atoms with Crippen molar-refractivity contribution in [3.8, 4) is 0 Å². The first-order chi connectivity index (χ1) is 7.09. The number of nitrogens with zero attached hydrogens (tertiary/aromatic N) is 1. The van der Waals surface area contributed by atoms with Gasteiger partial charge in [0.15, 0.2) is 0 Å². The number of aryl methyl sites for hydroxylation is 1. The van der Waals surface area contributed by atoms with E-state index in [9.17, 15) is 4.79 Å². The van der Waals surface area contributed by atoms with Crippen molar-refractivity contribution < 1.29 is 4.79 Å². The first-order valence-corrected chi connectivity index (χ1v) is 5.53. The van der Waals surface area contributed by atoms with Gasteiger partial charge in [-0.05, 0) is 40.9 Å². The lowest BCUT2D eigenvalue weighted by Gasteiger charge is -2.06. The summed E-state index contributed by atoms with van der Waals surface area (Å²) < 4.78 is 0.991. The average Bonchev–Trinajstić information content (AvgIpc) is 2.18. The van der Waals surface area contributed by atoms with Crippen LogP contribution in [0.2, 0.25) is 0 Å². The van der Waals surface area contributed by atoms with Gasteiger partial charge in [0.25, 0.3) is 0 Å². The van der Waals surface area contributed by atoms with Crippen molar-refractivity contribution in [2.75, 3.05) is 11.9 Å². The third-order valence-electron chi connectivity index (χ3n) is 1.95. The van der Waals surface area contributed by atoms with E-state index in [1.807, 2.05) is 13.0 Å². The molecule has 1 aromatic heterocycles. The van der Waals surface area contributed by atoms with Crippen molar-refractivity contribution in [1.82, 2.24) is 4.98 Å². The average molecular weight is 272 g/mol. The van der Waals surface area contributed by atoms with Crippen LogP contribution in [-0.2, 0) is 4.79 Å². The minimum absolute atomic E-state index is 0.267. The van der Waals surface area contributed by atoms with Gasteiger partial charge in [0.1, 0.15) is 5.82 Å². The molecule has 0 aromatic carbocycles. The standard InChI is InChI=1S/C10H14BrN3O/c1-7-5-10(14-6-8(7)11)13-4-2-3-9(12)15/h5-6H,2-4H2,1H3,(H2,12,15)(H,13,14). The number of carbonyl (C=O) groups excluding carboxylic acids is 1. The number of halogens is 1. The van der Waals surface area contributed by atoms with Crippen LogP contribution >= 0.6 is 15.9 Å². The van der Waals surface area contributed by atoms with Crippen molar-refractivity contribution in [3.63, 3.8) is 0 Å². The molecule has 0 aliphatic carbocycles. The van der Waals surface area contributed by atoms with Crippen LogP contribution in [0.15, 0.2) is 16.7 Å². The number of anilines is 1. The monoisotopic (exact) mass is 271 g/mol. The van der Waals surface area contributed by atoms with Gasteiger partial charge in [-0.25, -0.2) is 4.98 Å². The zero-order valence-corrected chi connectivity index (χ0v) is 10.2. The Balaban J connectivity index is 2.38. The molecule has 0 aliphatic rings. The van der Waals surface area contributed by atoms with Crippen LogP contribution in [0.4, 0.5) is 5.82 Å². The van der Waals surface area contributed by atoms with Gasteiger partial charge in [-0.15, -0.1) is 0 Å². The fourth-order valence-corrected chi connectivity index (χ4v) is 1.33. The molecular formula is C10H14BrN3O. The Labute approximate surface area is 97.4 Å². The van der Waals surface area contributed by atoms with Crippen LogP contribution in [0.25, 0.3) is 0 Å². The van der Waals surface area contributed by atoms with Gasteiger partial charge < -0.3 is 11.1 Å². The Kier molecular flexibility index (Phi) is 4.55. The van der Waals surface area contributed by atoms with Crippen LogP contribution in [0.5, 0.6) is 0 Å². The van der Waals surface area contributed by atoms with Crippen molar-refractivity contribution in [2.45, 2.75) is 19.8 Å². The lowest BCUT2D eigenvalue weighted by molar-refractivity contribution is -0.118. The topological polar surface area (TPSA) is 68.0 Å². The number of rotatable bonds is 5. The predicted molar refractivity (Wildman–Crippen MR) is 63.6 cm³/mol. The first kappa shape index (κ1) is 12.0. The molecule has 0 radical (unpaired) electrons. The predicted octanol–water partition coefficient (Wildman–Crippen LogP) is 1.83. The number of carbonyl (C=O) groups is 1. The largest absolute Gasteiger partial charge is 0.370 e. The first-order valence-electron chi connectivity index (χ1n) is 4.74. The summed E-state index contributed by atoms with van der Waals surface area (Å²) in [6.45, 7) is 2.71. The van der Waals surface area contributed by atoms with E-state index in [0.717, 1.165) is 22.3 Å². The van der Waals surface area contributed by atoms with E-state index in [1.54, 1.807) is 6.20 Å². The third-order valence-corrected chi connectivity index (χ3v) is 2.78. The fourth-order valence-electron chi connectivity index (χ4n) is 1.12. The van der Waals surface area contributed by atoms with Crippen LogP contribution < -0.4 is 11.1 Å². The molecule has 82 valence electrons. The quantitative estimate of drug-likeness (QED) is 0.803. The number of aromatic nitrogens is 1. The van der Waals surface area contributed by atoms with Gasteiger partial charge in [0.2, 0.25) is 5.91 Å². The summed E-state index contributed by atoms with van der Waals surface area (Å²) in [6, 6.07) is 1.95. The number of primary amides is 1. The zero-order chi connectivity index (χ0) is 11.3. The zero-order valence-electron chi connectivity index (χ0n) is 8.59. The number of hydrogen-bond acceptors (Lipinski definition) is 3. The molecule has 0 unspecified atom stereocenters. The molecule has 0 aliphatic heterocycles. The lowest BCUT2D eigenvalue weighted by Crippen LogP contribution is -2.13. The van der Waals surface area contributed by atoms with E-state index in [2.05, 4.69) is 26.2 Å². The van der Waals surface area contributed by atoms with E-state index in [-0.39, 0.29) is 5.91 Å².